The van der Waals surface area contributed by atoms with Gasteiger partial charge in [0.15, 0.2) is 0 Å². The van der Waals surface area contributed by atoms with Gasteiger partial charge in [-0.3, -0.25) is 0 Å². The van der Waals surface area contributed by atoms with E-state index in [0.29, 0.717) is 18.4 Å². The van der Waals surface area contributed by atoms with Crippen LogP contribution in [0.25, 0.3) is 11.3 Å². The maximum absolute atomic E-state index is 5.80. The zero-order chi connectivity index (χ0) is 20.0. The molecule has 0 fully saturated rings. The Morgan fingerprint density at radius 3 is 2.18 bits per heavy atom. The summed E-state index contributed by atoms with van der Waals surface area (Å²) in [5.74, 6) is 2.06. The van der Waals surface area contributed by atoms with Gasteiger partial charge in [0.2, 0.25) is 5.88 Å². The maximum atomic E-state index is 5.80. The largest absolute Gasteiger partial charge is 0.493 e. The Bertz CT molecular complexity index is 641. The van der Waals surface area contributed by atoms with Gasteiger partial charge in [-0.25, -0.2) is 9.97 Å². The molecule has 0 aliphatic rings. The second-order valence-electron chi connectivity index (χ2n) is 7.56. The monoisotopic (exact) mass is 384 g/mol. The highest BCUT2D eigenvalue weighted by Crippen LogP contribution is 2.21. The van der Waals surface area contributed by atoms with Gasteiger partial charge in [0.1, 0.15) is 5.75 Å². The third-order valence-electron chi connectivity index (χ3n) is 5.01. The van der Waals surface area contributed by atoms with Crippen molar-refractivity contribution in [3.63, 3.8) is 0 Å². The van der Waals surface area contributed by atoms with Gasteiger partial charge in [0.25, 0.3) is 0 Å². The molecule has 0 saturated carbocycles. The number of rotatable bonds is 14. The average Bonchev–Trinajstić information content (AvgIpc) is 2.74. The molecular weight excluding hydrogens is 348 g/mol. The van der Waals surface area contributed by atoms with E-state index in [2.05, 4.69) is 30.7 Å². The summed E-state index contributed by atoms with van der Waals surface area (Å²) in [6, 6.07) is 8.03. The van der Waals surface area contributed by atoms with Crippen LogP contribution < -0.4 is 9.47 Å². The first-order valence-electron chi connectivity index (χ1n) is 10.9. The summed E-state index contributed by atoms with van der Waals surface area (Å²) in [5, 5.41) is 0. The lowest BCUT2D eigenvalue weighted by Crippen LogP contribution is -2.07. The van der Waals surface area contributed by atoms with E-state index >= 15 is 0 Å². The van der Waals surface area contributed by atoms with Crippen LogP contribution in [-0.2, 0) is 0 Å². The molecule has 0 bridgehead atoms. The second-order valence-corrected chi connectivity index (χ2v) is 7.56. The molecule has 28 heavy (non-hydrogen) atoms. The van der Waals surface area contributed by atoms with Crippen LogP contribution in [0.1, 0.15) is 72.1 Å². The van der Waals surface area contributed by atoms with Gasteiger partial charge in [-0.2, -0.15) is 0 Å². The fourth-order valence-corrected chi connectivity index (χ4v) is 2.85. The molecule has 1 aromatic heterocycles. The number of nitrogens with zero attached hydrogens (tertiary/aromatic N) is 2. The van der Waals surface area contributed by atoms with E-state index in [1.54, 1.807) is 12.4 Å². The van der Waals surface area contributed by atoms with Gasteiger partial charge >= 0.3 is 0 Å². The summed E-state index contributed by atoms with van der Waals surface area (Å²) in [5.41, 5.74) is 1.87. The van der Waals surface area contributed by atoms with Crippen LogP contribution in [0.2, 0.25) is 0 Å². The van der Waals surface area contributed by atoms with Crippen molar-refractivity contribution in [1.82, 2.24) is 9.97 Å². The van der Waals surface area contributed by atoms with Gasteiger partial charge in [-0.15, -0.1) is 0 Å². The first-order chi connectivity index (χ1) is 13.7. The van der Waals surface area contributed by atoms with Crippen molar-refractivity contribution < 1.29 is 9.47 Å². The number of benzene rings is 1. The van der Waals surface area contributed by atoms with Crippen molar-refractivity contribution in [2.24, 2.45) is 5.92 Å². The summed E-state index contributed by atoms with van der Waals surface area (Å²) in [4.78, 5) is 8.88. The van der Waals surface area contributed by atoms with E-state index in [9.17, 15) is 0 Å². The Hall–Kier alpha value is -2.10. The van der Waals surface area contributed by atoms with Gasteiger partial charge < -0.3 is 9.47 Å². The second kappa shape index (κ2) is 13.1. The first-order valence-corrected chi connectivity index (χ1v) is 10.9. The van der Waals surface area contributed by atoms with Gasteiger partial charge in [-0.1, -0.05) is 65.7 Å². The highest BCUT2D eigenvalue weighted by Gasteiger charge is 2.04. The number of hydrogen-bond acceptors (Lipinski definition) is 4. The van der Waals surface area contributed by atoms with E-state index < -0.39 is 0 Å². The minimum absolute atomic E-state index is 0.569. The molecule has 1 heterocycles. The Morgan fingerprint density at radius 2 is 1.54 bits per heavy atom. The first kappa shape index (κ1) is 22.2. The minimum Gasteiger partial charge on any atom is -0.493 e. The number of hydrogen-bond donors (Lipinski definition) is 0. The smallest absolute Gasteiger partial charge is 0.232 e. The Balaban J connectivity index is 1.71. The Kier molecular flexibility index (Phi) is 10.4. The fourth-order valence-electron chi connectivity index (χ4n) is 2.85. The Morgan fingerprint density at radius 1 is 0.821 bits per heavy atom. The lowest BCUT2D eigenvalue weighted by molar-refractivity contribution is 0.256. The van der Waals surface area contributed by atoms with Gasteiger partial charge in [0.05, 0.1) is 31.3 Å². The van der Waals surface area contributed by atoms with Crippen LogP contribution in [0.3, 0.4) is 0 Å². The molecule has 0 spiro atoms. The SMILES string of the molecule is CCCCCCCCCOc1cnc(-c2ccc(OC[C@@H](C)CC)cc2)cn1. The molecule has 1 aromatic carbocycles. The molecule has 0 radical (unpaired) electrons. The van der Waals surface area contributed by atoms with E-state index in [1.165, 1.54) is 38.5 Å². The zero-order valence-corrected chi connectivity index (χ0v) is 17.8. The molecule has 154 valence electrons. The fraction of sp³-hybridized carbons (Fsp3) is 0.583. The Labute approximate surface area is 170 Å². The average molecular weight is 385 g/mol. The van der Waals surface area contributed by atoms with Crippen molar-refractivity contribution in [3.05, 3.63) is 36.7 Å². The highest BCUT2D eigenvalue weighted by atomic mass is 16.5. The summed E-state index contributed by atoms with van der Waals surface area (Å²) in [7, 11) is 0. The predicted molar refractivity (Wildman–Crippen MR) is 116 cm³/mol. The molecular formula is C24H36N2O2. The van der Waals surface area contributed by atoms with Crippen LogP contribution >= 0.6 is 0 Å². The van der Waals surface area contributed by atoms with Crippen molar-refractivity contribution in [1.29, 1.82) is 0 Å². The molecule has 0 aliphatic carbocycles. The molecule has 0 aliphatic heterocycles. The lowest BCUT2D eigenvalue weighted by Gasteiger charge is -2.11. The summed E-state index contributed by atoms with van der Waals surface area (Å²) in [6.07, 6.45) is 13.6. The van der Waals surface area contributed by atoms with Crippen LogP contribution in [0.4, 0.5) is 0 Å². The summed E-state index contributed by atoms with van der Waals surface area (Å²) >= 11 is 0. The third kappa shape index (κ3) is 8.28. The summed E-state index contributed by atoms with van der Waals surface area (Å²) < 4.78 is 11.5. The predicted octanol–water partition coefficient (Wildman–Crippen LogP) is 6.70. The molecule has 2 rings (SSSR count). The van der Waals surface area contributed by atoms with Crippen LogP contribution in [0.15, 0.2) is 36.7 Å². The van der Waals surface area contributed by atoms with E-state index in [1.807, 2.05) is 24.3 Å². The molecule has 0 N–H and O–H groups in total. The van der Waals surface area contributed by atoms with Crippen LogP contribution in [0.5, 0.6) is 11.6 Å². The molecule has 0 saturated heterocycles. The number of unbranched alkanes of at least 4 members (excludes halogenated alkanes) is 6. The highest BCUT2D eigenvalue weighted by molar-refractivity contribution is 5.59. The summed E-state index contributed by atoms with van der Waals surface area (Å²) in [6.45, 7) is 8.09. The molecule has 4 nitrogen and oxygen atoms in total. The van der Waals surface area contributed by atoms with E-state index in [0.717, 1.165) is 36.5 Å². The number of aromatic nitrogens is 2. The molecule has 4 heteroatoms. The van der Waals surface area contributed by atoms with Crippen LogP contribution in [0, 0.1) is 5.92 Å². The minimum atomic E-state index is 0.569. The van der Waals surface area contributed by atoms with E-state index in [4.69, 9.17) is 9.47 Å². The van der Waals surface area contributed by atoms with Crippen molar-refractivity contribution in [3.8, 4) is 22.9 Å². The molecule has 0 amide bonds. The lowest BCUT2D eigenvalue weighted by atomic mass is 10.1. The van der Waals surface area contributed by atoms with Crippen molar-refractivity contribution >= 4 is 0 Å². The zero-order valence-electron chi connectivity index (χ0n) is 17.8. The van der Waals surface area contributed by atoms with Gasteiger partial charge in [-0.05, 0) is 36.6 Å². The van der Waals surface area contributed by atoms with Crippen molar-refractivity contribution in [2.45, 2.75) is 72.1 Å². The topological polar surface area (TPSA) is 44.2 Å². The quantitative estimate of drug-likeness (QED) is 0.340. The van der Waals surface area contributed by atoms with Crippen LogP contribution in [-0.4, -0.2) is 23.2 Å². The van der Waals surface area contributed by atoms with Crippen molar-refractivity contribution in [2.75, 3.05) is 13.2 Å². The third-order valence-corrected chi connectivity index (χ3v) is 5.01. The standard InChI is InChI=1S/C24H36N2O2/c1-4-6-7-8-9-10-11-16-27-24-18-25-23(17-26-24)21-12-14-22(15-13-21)28-19-20(3)5-2/h12-15,17-18,20H,4-11,16,19H2,1-3H3/t20-/m0/s1. The number of ether oxygens (including phenoxy) is 2. The molecule has 0 unspecified atom stereocenters. The van der Waals surface area contributed by atoms with Gasteiger partial charge in [0, 0.05) is 5.56 Å². The maximum Gasteiger partial charge on any atom is 0.232 e. The van der Waals surface area contributed by atoms with E-state index in [-0.39, 0.29) is 0 Å². The molecule has 1 atom stereocenters. The molecule has 2 aromatic rings. The normalized spacial score (nSPS) is 12.0.